The number of esters is 1. The number of phenols is 13. The third-order valence-corrected chi connectivity index (χ3v) is 9.40. The minimum atomic E-state index is -1.87. The van der Waals surface area contributed by atoms with Crippen molar-refractivity contribution < 1.29 is 90.5 Å². The van der Waals surface area contributed by atoms with Crippen LogP contribution in [0.2, 0.25) is 0 Å². The van der Waals surface area contributed by atoms with Gasteiger partial charge in [0.05, 0.1) is 11.5 Å². The standard InChI is InChI=1S/C37H30O18/c38-14-7-17(40)27-25(8-14)53-35(12-3-21(44)31(49)22(45)4-12)33(51)29(27)28-18(41)10-16(39)15-9-26(54-37(52)13-5-23(46)32(50)24(47)6-13)34(55-36(15)28)11-1-19(42)30(48)20(43)2-11/h1-8,10,26,29,33-35,38-51H,9H2/t26-,29?,33-,34-,35-/m1/s1. The zero-order valence-corrected chi connectivity index (χ0v) is 27.7. The lowest BCUT2D eigenvalue weighted by molar-refractivity contribution is -0.0211. The number of carbonyl (C=O) groups is 1. The van der Waals surface area contributed by atoms with Gasteiger partial charge < -0.3 is 85.7 Å². The van der Waals surface area contributed by atoms with Gasteiger partial charge in [-0.2, -0.15) is 0 Å². The first-order valence-electron chi connectivity index (χ1n) is 16.1. The summed E-state index contributed by atoms with van der Waals surface area (Å²) in [5.74, 6) is -13.7. The fourth-order valence-corrected chi connectivity index (χ4v) is 6.87. The molecule has 286 valence electrons. The minimum Gasteiger partial charge on any atom is -0.508 e. The molecule has 2 aliphatic heterocycles. The molecule has 0 aromatic heterocycles. The lowest BCUT2D eigenvalue weighted by Gasteiger charge is -2.40. The Morgan fingerprint density at radius 3 is 1.58 bits per heavy atom. The van der Waals surface area contributed by atoms with Gasteiger partial charge in [-0.05, 0) is 36.4 Å². The molecule has 55 heavy (non-hydrogen) atoms. The Bertz CT molecular complexity index is 2340. The maximum atomic E-state index is 13.4. The van der Waals surface area contributed by atoms with E-state index in [1.54, 1.807) is 0 Å². The van der Waals surface area contributed by atoms with Gasteiger partial charge in [-0.1, -0.05) is 0 Å². The fraction of sp³-hybridized carbons (Fsp3) is 0.162. The van der Waals surface area contributed by atoms with E-state index in [0.717, 1.165) is 54.6 Å². The first kappa shape index (κ1) is 35.9. The van der Waals surface area contributed by atoms with E-state index in [4.69, 9.17) is 14.2 Å². The van der Waals surface area contributed by atoms with Crippen molar-refractivity contribution in [1.82, 2.24) is 0 Å². The second-order valence-electron chi connectivity index (χ2n) is 12.9. The van der Waals surface area contributed by atoms with E-state index in [1.165, 1.54) is 0 Å². The average molecular weight is 763 g/mol. The number of benzene rings is 5. The van der Waals surface area contributed by atoms with Gasteiger partial charge in [-0.25, -0.2) is 4.79 Å². The molecule has 0 bridgehead atoms. The van der Waals surface area contributed by atoms with Gasteiger partial charge >= 0.3 is 5.97 Å². The summed E-state index contributed by atoms with van der Waals surface area (Å²) in [5, 5.41) is 147. The Balaban J connectivity index is 1.41. The van der Waals surface area contributed by atoms with Crippen LogP contribution in [0, 0.1) is 0 Å². The summed E-state index contributed by atoms with van der Waals surface area (Å²) < 4.78 is 17.9. The van der Waals surface area contributed by atoms with Crippen molar-refractivity contribution >= 4 is 5.97 Å². The molecule has 5 aromatic rings. The highest BCUT2D eigenvalue weighted by Gasteiger charge is 2.47. The van der Waals surface area contributed by atoms with Crippen LogP contribution < -0.4 is 9.47 Å². The van der Waals surface area contributed by atoms with Crippen LogP contribution >= 0.6 is 0 Å². The van der Waals surface area contributed by atoms with Gasteiger partial charge in [0, 0.05) is 52.4 Å². The van der Waals surface area contributed by atoms with Crippen LogP contribution in [0.4, 0.5) is 0 Å². The van der Waals surface area contributed by atoms with Crippen LogP contribution in [0.5, 0.6) is 86.2 Å². The number of fused-ring (bicyclic) bond motifs is 2. The Morgan fingerprint density at radius 1 is 0.545 bits per heavy atom. The summed E-state index contributed by atoms with van der Waals surface area (Å²) in [5.41, 5.74) is -1.47. The number of carbonyl (C=O) groups excluding carboxylic acids is 1. The van der Waals surface area contributed by atoms with Gasteiger partial charge in [-0.15, -0.1) is 0 Å². The molecular formula is C37H30O18. The van der Waals surface area contributed by atoms with Crippen LogP contribution in [-0.2, 0) is 11.2 Å². The summed E-state index contributed by atoms with van der Waals surface area (Å²) in [6.45, 7) is 0. The highest BCUT2D eigenvalue weighted by molar-refractivity contribution is 5.91. The van der Waals surface area contributed by atoms with Gasteiger partial charge in [0.2, 0.25) is 0 Å². The molecule has 0 spiro atoms. The summed E-state index contributed by atoms with van der Waals surface area (Å²) in [4.78, 5) is 13.4. The summed E-state index contributed by atoms with van der Waals surface area (Å²) in [7, 11) is 0. The molecule has 0 radical (unpaired) electrons. The number of phenolic OH excluding ortho intramolecular Hbond substituents is 13. The largest absolute Gasteiger partial charge is 0.508 e. The Hall–Kier alpha value is -7.47. The number of hydrogen-bond acceptors (Lipinski definition) is 18. The van der Waals surface area contributed by atoms with Crippen LogP contribution in [0.3, 0.4) is 0 Å². The predicted octanol–water partition coefficient (Wildman–Crippen LogP) is 3.39. The van der Waals surface area contributed by atoms with Gasteiger partial charge in [0.15, 0.2) is 64.0 Å². The molecule has 1 unspecified atom stereocenters. The normalized spacial score (nSPS) is 20.1. The molecule has 0 amide bonds. The van der Waals surface area contributed by atoms with Crippen molar-refractivity contribution in [2.75, 3.05) is 0 Å². The maximum Gasteiger partial charge on any atom is 0.338 e. The molecule has 0 saturated heterocycles. The molecule has 2 aliphatic rings. The average Bonchev–Trinajstić information content (AvgIpc) is 3.11. The first-order valence-corrected chi connectivity index (χ1v) is 16.1. The number of rotatable bonds is 5. The number of aliphatic hydroxyl groups is 1. The molecule has 2 heterocycles. The molecule has 0 saturated carbocycles. The Kier molecular flexibility index (Phi) is 8.41. The molecule has 18 heteroatoms. The molecule has 0 aliphatic carbocycles. The summed E-state index contributed by atoms with van der Waals surface area (Å²) >= 11 is 0. The predicted molar refractivity (Wildman–Crippen MR) is 181 cm³/mol. The second-order valence-corrected chi connectivity index (χ2v) is 12.9. The highest BCUT2D eigenvalue weighted by atomic mass is 16.6. The van der Waals surface area contributed by atoms with Crippen molar-refractivity contribution in [3.63, 3.8) is 0 Å². The smallest absolute Gasteiger partial charge is 0.338 e. The third kappa shape index (κ3) is 5.95. The number of aliphatic hydroxyl groups excluding tert-OH is 1. The zero-order chi connectivity index (χ0) is 39.8. The van der Waals surface area contributed by atoms with E-state index in [-0.39, 0.29) is 39.3 Å². The molecule has 14 N–H and O–H groups in total. The van der Waals surface area contributed by atoms with Crippen molar-refractivity contribution in [2.45, 2.75) is 36.8 Å². The van der Waals surface area contributed by atoms with Crippen LogP contribution in [0.15, 0.2) is 54.6 Å². The highest BCUT2D eigenvalue weighted by Crippen LogP contribution is 2.58. The Labute approximate surface area is 307 Å². The van der Waals surface area contributed by atoms with E-state index >= 15 is 0 Å². The summed E-state index contributed by atoms with van der Waals surface area (Å²) in [6.07, 6.45) is -7.05. The van der Waals surface area contributed by atoms with E-state index in [2.05, 4.69) is 0 Å². The van der Waals surface area contributed by atoms with Gasteiger partial charge in [0.25, 0.3) is 0 Å². The SMILES string of the molecule is O=C(O[C@@H]1Cc2c(O)cc(O)c(C3c4c(O)cc(O)cc4O[C@H](c4cc(O)c(O)c(O)c4)[C@@H]3O)c2O[C@@H]1c1cc(O)c(O)c(O)c1)c1cc(O)c(O)c(O)c1. The molecule has 18 nitrogen and oxygen atoms in total. The molecule has 7 rings (SSSR count). The van der Waals surface area contributed by atoms with E-state index in [1.807, 2.05) is 0 Å². The third-order valence-electron chi connectivity index (χ3n) is 9.40. The molecule has 5 atom stereocenters. The zero-order valence-electron chi connectivity index (χ0n) is 27.7. The Morgan fingerprint density at radius 2 is 1.04 bits per heavy atom. The van der Waals surface area contributed by atoms with Crippen LogP contribution in [0.25, 0.3) is 0 Å². The van der Waals surface area contributed by atoms with E-state index in [0.29, 0.717) is 0 Å². The lowest BCUT2D eigenvalue weighted by Crippen LogP contribution is -2.38. The van der Waals surface area contributed by atoms with E-state index < -0.39 is 123 Å². The minimum absolute atomic E-state index is 0.127. The topological polar surface area (TPSA) is 328 Å². The quantitative estimate of drug-likeness (QED) is 0.0901. The van der Waals surface area contributed by atoms with Crippen molar-refractivity contribution in [1.29, 1.82) is 0 Å². The molecule has 5 aromatic carbocycles. The molecular weight excluding hydrogens is 732 g/mol. The van der Waals surface area contributed by atoms with Gasteiger partial charge in [-0.3, -0.25) is 0 Å². The van der Waals surface area contributed by atoms with E-state index in [9.17, 15) is 76.3 Å². The number of hydrogen-bond donors (Lipinski definition) is 14. The summed E-state index contributed by atoms with van der Waals surface area (Å²) in [6, 6.07) is 8.21. The first-order chi connectivity index (χ1) is 25.9. The number of aromatic hydroxyl groups is 13. The second kappa shape index (κ2) is 12.9. The lowest BCUT2D eigenvalue weighted by atomic mass is 9.77. The molecule has 0 fully saturated rings. The van der Waals surface area contributed by atoms with Crippen LogP contribution in [-0.4, -0.2) is 89.7 Å². The van der Waals surface area contributed by atoms with Gasteiger partial charge in [0.1, 0.15) is 46.7 Å². The number of ether oxygens (including phenoxy) is 3. The van der Waals surface area contributed by atoms with Crippen molar-refractivity contribution in [3.8, 4) is 86.2 Å². The maximum absolute atomic E-state index is 13.4. The monoisotopic (exact) mass is 762 g/mol. The van der Waals surface area contributed by atoms with Crippen molar-refractivity contribution in [3.05, 3.63) is 88.0 Å². The fourth-order valence-electron chi connectivity index (χ4n) is 6.87. The van der Waals surface area contributed by atoms with Crippen LogP contribution in [0.1, 0.15) is 56.3 Å². The van der Waals surface area contributed by atoms with Crippen molar-refractivity contribution in [2.24, 2.45) is 0 Å².